The number of likely N-dealkylation sites (N-methyl/N-ethyl adjacent to an activating group) is 1. The number of nitriles is 1. The molecule has 14 nitrogen and oxygen atoms in total. The molecule has 2 fully saturated rings. The van der Waals surface area contributed by atoms with Crippen molar-refractivity contribution in [3.05, 3.63) is 89.4 Å². The molecule has 7 rings (SSSR count). The standard InChI is InChI=1S/C40H44N10O4/c1-6-35(51)49-20-19-48(32-11-7-9-26(2)36(32)49)33-21-28-24-42-40(43-31-13-12-29(22-34(31)54-5)46-17-15-45(4)16-18-46)44-37(28)50(39(33)53)30-10-8-14-47(25-30)38(52)27(3)23-41/h6-7,9,11-13,21-22,24,30H,1,3,8,10,14-20,25H2,2,4-5H3,(H,42,43,44)/t30-/m1/s1. The van der Waals surface area contributed by atoms with E-state index in [1.807, 2.05) is 54.3 Å². The normalized spacial score (nSPS) is 17.5. The molecule has 14 heteroatoms. The quantitative estimate of drug-likeness (QED) is 0.202. The van der Waals surface area contributed by atoms with Crippen molar-refractivity contribution in [2.45, 2.75) is 25.8 Å². The van der Waals surface area contributed by atoms with Gasteiger partial charge >= 0.3 is 0 Å². The maximum absolute atomic E-state index is 14.9. The van der Waals surface area contributed by atoms with Crippen molar-refractivity contribution in [2.24, 2.45) is 0 Å². The number of amides is 2. The van der Waals surface area contributed by atoms with E-state index in [-0.39, 0.29) is 29.5 Å². The van der Waals surface area contributed by atoms with E-state index in [4.69, 9.17) is 9.72 Å². The highest BCUT2D eigenvalue weighted by atomic mass is 16.5. The summed E-state index contributed by atoms with van der Waals surface area (Å²) in [6.07, 6.45) is 4.21. The second kappa shape index (κ2) is 15.0. The van der Waals surface area contributed by atoms with Crippen LogP contribution < -0.4 is 30.3 Å². The lowest BCUT2D eigenvalue weighted by Crippen LogP contribution is -2.46. The molecule has 0 bridgehead atoms. The number of methoxy groups -OCH3 is 1. The van der Waals surface area contributed by atoms with Crippen LogP contribution in [0.4, 0.5) is 34.4 Å². The number of hydrogen-bond donors (Lipinski definition) is 1. The van der Waals surface area contributed by atoms with Crippen LogP contribution in [0.2, 0.25) is 0 Å². The molecular formula is C40H44N10O4. The highest BCUT2D eigenvalue weighted by Gasteiger charge is 2.33. The second-order valence-electron chi connectivity index (χ2n) is 13.9. The third-order valence-corrected chi connectivity index (χ3v) is 10.6. The summed E-state index contributed by atoms with van der Waals surface area (Å²) in [7, 11) is 3.75. The minimum atomic E-state index is -0.454. The number of piperazine rings is 1. The molecular weight excluding hydrogens is 685 g/mol. The molecule has 278 valence electrons. The molecule has 54 heavy (non-hydrogen) atoms. The van der Waals surface area contributed by atoms with Crippen molar-refractivity contribution in [2.75, 3.05) is 86.5 Å². The average molecular weight is 729 g/mol. The Bertz CT molecular complexity index is 2250. The number of rotatable bonds is 8. The number of nitrogens with zero attached hydrogens (tertiary/aromatic N) is 9. The van der Waals surface area contributed by atoms with E-state index in [0.717, 1.165) is 43.1 Å². The first-order chi connectivity index (χ1) is 26.1. The van der Waals surface area contributed by atoms with Crippen LogP contribution in [0.1, 0.15) is 24.4 Å². The summed E-state index contributed by atoms with van der Waals surface area (Å²) in [4.78, 5) is 60.4. The first-order valence-electron chi connectivity index (χ1n) is 18.1. The van der Waals surface area contributed by atoms with Crippen LogP contribution in [0.25, 0.3) is 11.0 Å². The molecule has 3 aliphatic heterocycles. The SMILES string of the molecule is C=CC(=O)N1CCN(c2cc3cnc(Nc4ccc(N5CCN(C)CC5)cc4OC)nc3n([C@@H]3CCCN(C(=O)C(=C)C#N)C3)c2=O)c2cccc(C)c21. The van der Waals surface area contributed by atoms with Crippen LogP contribution in [-0.4, -0.2) is 103 Å². The van der Waals surface area contributed by atoms with Crippen molar-refractivity contribution in [3.63, 3.8) is 0 Å². The minimum Gasteiger partial charge on any atom is -0.494 e. The molecule has 2 aromatic carbocycles. The number of carbonyl (C=O) groups excluding carboxylic acids is 2. The number of para-hydroxylation sites is 1. The molecule has 0 aliphatic carbocycles. The number of aromatic nitrogens is 3. The van der Waals surface area contributed by atoms with E-state index < -0.39 is 11.9 Å². The van der Waals surface area contributed by atoms with E-state index in [1.54, 1.807) is 33.7 Å². The molecule has 1 atom stereocenters. The van der Waals surface area contributed by atoms with E-state index in [2.05, 4.69) is 40.3 Å². The monoisotopic (exact) mass is 728 g/mol. The first-order valence-corrected chi connectivity index (χ1v) is 18.1. The lowest BCUT2D eigenvalue weighted by Gasteiger charge is -2.39. The molecule has 5 heterocycles. The van der Waals surface area contributed by atoms with Gasteiger partial charge in [0.1, 0.15) is 28.7 Å². The van der Waals surface area contributed by atoms with Gasteiger partial charge in [-0.15, -0.1) is 0 Å². The Morgan fingerprint density at radius 3 is 2.59 bits per heavy atom. The number of anilines is 6. The van der Waals surface area contributed by atoms with Gasteiger partial charge in [0.15, 0.2) is 0 Å². The summed E-state index contributed by atoms with van der Waals surface area (Å²) in [5.74, 6) is 0.233. The lowest BCUT2D eigenvalue weighted by molar-refractivity contribution is -0.128. The van der Waals surface area contributed by atoms with Crippen LogP contribution in [0.5, 0.6) is 5.75 Å². The number of carbonyl (C=O) groups is 2. The van der Waals surface area contributed by atoms with Gasteiger partial charge in [0.2, 0.25) is 5.95 Å². The fourth-order valence-electron chi connectivity index (χ4n) is 7.68. The maximum Gasteiger partial charge on any atom is 0.276 e. The lowest BCUT2D eigenvalue weighted by atomic mass is 10.0. The van der Waals surface area contributed by atoms with Gasteiger partial charge in [-0.25, -0.2) is 4.98 Å². The zero-order valence-electron chi connectivity index (χ0n) is 30.9. The minimum absolute atomic E-state index is 0.151. The molecule has 2 amide bonds. The van der Waals surface area contributed by atoms with Crippen LogP contribution >= 0.6 is 0 Å². The molecule has 4 aromatic rings. The van der Waals surface area contributed by atoms with Gasteiger partial charge in [-0.1, -0.05) is 25.3 Å². The Morgan fingerprint density at radius 1 is 1.06 bits per heavy atom. The zero-order valence-corrected chi connectivity index (χ0v) is 30.9. The van der Waals surface area contributed by atoms with Crippen LogP contribution in [-0.2, 0) is 9.59 Å². The van der Waals surface area contributed by atoms with E-state index in [0.29, 0.717) is 66.3 Å². The summed E-state index contributed by atoms with van der Waals surface area (Å²) >= 11 is 0. The molecule has 2 aromatic heterocycles. The second-order valence-corrected chi connectivity index (χ2v) is 13.9. The van der Waals surface area contributed by atoms with Crippen LogP contribution in [0.15, 0.2) is 78.3 Å². The van der Waals surface area contributed by atoms with Crippen molar-refractivity contribution >= 4 is 57.2 Å². The number of ether oxygens (including phenoxy) is 1. The summed E-state index contributed by atoms with van der Waals surface area (Å²) in [5.41, 5.74) is 4.41. The van der Waals surface area contributed by atoms with Crippen LogP contribution in [0, 0.1) is 18.3 Å². The van der Waals surface area contributed by atoms with E-state index >= 15 is 0 Å². The number of piperidine rings is 1. The van der Waals surface area contributed by atoms with Gasteiger partial charge in [-0.3, -0.25) is 19.0 Å². The van der Waals surface area contributed by atoms with Crippen molar-refractivity contribution in [1.29, 1.82) is 5.26 Å². The molecule has 1 N–H and O–H groups in total. The number of nitrogens with one attached hydrogen (secondary N) is 1. The molecule has 0 radical (unpaired) electrons. The summed E-state index contributed by atoms with van der Waals surface area (Å²) in [5, 5.41) is 13.3. The predicted molar refractivity (Wildman–Crippen MR) is 210 cm³/mol. The van der Waals surface area contributed by atoms with E-state index in [9.17, 15) is 19.6 Å². The van der Waals surface area contributed by atoms with Gasteiger partial charge in [-0.2, -0.15) is 10.2 Å². The average Bonchev–Trinajstić information content (AvgIpc) is 3.20. The maximum atomic E-state index is 14.9. The first kappa shape index (κ1) is 36.2. The molecule has 2 saturated heterocycles. The Kier molecular flexibility index (Phi) is 10.1. The van der Waals surface area contributed by atoms with Crippen LogP contribution in [0.3, 0.4) is 0 Å². The highest BCUT2D eigenvalue weighted by Crippen LogP contribution is 2.40. The third-order valence-electron chi connectivity index (χ3n) is 10.6. The Hall–Kier alpha value is -6.20. The Labute approximate surface area is 314 Å². The number of hydrogen-bond acceptors (Lipinski definition) is 11. The van der Waals surface area contributed by atoms with Gasteiger partial charge in [0.05, 0.1) is 30.2 Å². The number of fused-ring (bicyclic) bond motifs is 2. The van der Waals surface area contributed by atoms with Gasteiger partial charge < -0.3 is 34.6 Å². The smallest absolute Gasteiger partial charge is 0.276 e. The number of benzene rings is 2. The Balaban J connectivity index is 1.32. The summed E-state index contributed by atoms with van der Waals surface area (Å²) in [6.45, 7) is 14.4. The molecule has 0 spiro atoms. The number of aryl methyl sites for hydroxylation is 1. The predicted octanol–water partition coefficient (Wildman–Crippen LogP) is 4.52. The third kappa shape index (κ3) is 6.74. The van der Waals surface area contributed by atoms with Crippen molar-refractivity contribution < 1.29 is 14.3 Å². The van der Waals surface area contributed by atoms with Crippen molar-refractivity contribution in [1.82, 2.24) is 24.3 Å². The van der Waals surface area contributed by atoms with Crippen molar-refractivity contribution in [3.8, 4) is 11.8 Å². The highest BCUT2D eigenvalue weighted by molar-refractivity contribution is 6.05. The summed E-state index contributed by atoms with van der Waals surface area (Å²) in [6, 6.07) is 14.9. The number of pyridine rings is 1. The van der Waals surface area contributed by atoms with Gasteiger partial charge in [-0.05, 0) is 62.7 Å². The molecule has 0 unspecified atom stereocenters. The molecule has 3 aliphatic rings. The van der Waals surface area contributed by atoms with Gasteiger partial charge in [0, 0.05) is 75.7 Å². The zero-order chi connectivity index (χ0) is 38.1. The van der Waals surface area contributed by atoms with E-state index in [1.165, 1.54) is 6.08 Å². The van der Waals surface area contributed by atoms with Gasteiger partial charge in [0.25, 0.3) is 17.4 Å². The fourth-order valence-corrected chi connectivity index (χ4v) is 7.68. The number of likely N-dealkylation sites (tertiary alicyclic amines) is 1. The topological polar surface area (TPSA) is 143 Å². The Morgan fingerprint density at radius 2 is 1.85 bits per heavy atom. The molecule has 0 saturated carbocycles. The largest absolute Gasteiger partial charge is 0.494 e. The fraction of sp³-hybridized carbons (Fsp3) is 0.350. The summed E-state index contributed by atoms with van der Waals surface area (Å²) < 4.78 is 7.46.